The number of hydrogen-bond donors (Lipinski definition) is 1. The summed E-state index contributed by atoms with van der Waals surface area (Å²) in [5.41, 5.74) is 3.02. The minimum atomic E-state index is -0.573. The van der Waals surface area contributed by atoms with Crippen LogP contribution in [0.25, 0.3) is 22.2 Å². The van der Waals surface area contributed by atoms with Crippen LogP contribution in [0, 0.1) is 5.92 Å². The molecule has 3 aromatic rings. The number of rotatable bonds is 6. The zero-order valence-electron chi connectivity index (χ0n) is 21.3. The van der Waals surface area contributed by atoms with E-state index in [4.69, 9.17) is 9.72 Å². The molecule has 0 aliphatic rings. The number of anilines is 1. The van der Waals surface area contributed by atoms with E-state index in [1.165, 1.54) is 11.8 Å². The summed E-state index contributed by atoms with van der Waals surface area (Å²) in [6.07, 6.45) is 2.06. The number of amides is 2. The molecule has 0 radical (unpaired) electrons. The van der Waals surface area contributed by atoms with Crippen molar-refractivity contribution in [3.63, 3.8) is 0 Å². The number of nitrogens with one attached hydrogen (secondary N) is 1. The van der Waals surface area contributed by atoms with Gasteiger partial charge in [0.05, 0.1) is 17.1 Å². The number of aromatic nitrogens is 3. The van der Waals surface area contributed by atoms with Crippen LogP contribution < -0.4 is 4.90 Å². The molecule has 1 unspecified atom stereocenters. The standard InChI is InChI=1S/C26H35N5O3/c1-16(2)13-22(31(8)25(33)34-26(4,5)6)24-28-20-10-9-18(14-21(20)29-24)19-11-12-27-23(15-19)30(7)17(3)32/h9-12,14-16,22H,13H2,1-8H3,(H,28,29). The molecule has 8 heteroatoms. The van der Waals surface area contributed by atoms with Crippen molar-refractivity contribution < 1.29 is 14.3 Å². The van der Waals surface area contributed by atoms with Gasteiger partial charge >= 0.3 is 6.09 Å². The van der Waals surface area contributed by atoms with Crippen LogP contribution in [-0.2, 0) is 9.53 Å². The Morgan fingerprint density at radius 1 is 1.09 bits per heavy atom. The molecule has 1 N–H and O–H groups in total. The minimum Gasteiger partial charge on any atom is -0.444 e. The monoisotopic (exact) mass is 465 g/mol. The second kappa shape index (κ2) is 9.83. The SMILES string of the molecule is CC(=O)N(C)c1cc(-c2ccc3[nH]c(C(CC(C)C)N(C)C(=O)OC(C)(C)C)nc3c2)ccn1. The Labute approximate surface area is 201 Å². The van der Waals surface area contributed by atoms with Gasteiger partial charge in [-0.05, 0) is 68.5 Å². The maximum absolute atomic E-state index is 12.8. The molecule has 8 nitrogen and oxygen atoms in total. The van der Waals surface area contributed by atoms with E-state index >= 15 is 0 Å². The Kier molecular flexibility index (Phi) is 7.29. The van der Waals surface area contributed by atoms with E-state index in [2.05, 4.69) is 23.8 Å². The highest BCUT2D eigenvalue weighted by atomic mass is 16.6. The molecule has 3 rings (SSSR count). The van der Waals surface area contributed by atoms with Crippen molar-refractivity contribution in [1.82, 2.24) is 19.9 Å². The Bertz CT molecular complexity index is 1180. The lowest BCUT2D eigenvalue weighted by Gasteiger charge is -2.30. The first-order chi connectivity index (χ1) is 15.9. The molecular formula is C26H35N5O3. The van der Waals surface area contributed by atoms with Crippen molar-refractivity contribution in [2.45, 2.75) is 59.6 Å². The third-order valence-corrected chi connectivity index (χ3v) is 5.56. The van der Waals surface area contributed by atoms with Crippen molar-refractivity contribution in [3.05, 3.63) is 42.4 Å². The van der Waals surface area contributed by atoms with E-state index < -0.39 is 5.60 Å². The van der Waals surface area contributed by atoms with Gasteiger partial charge in [-0.15, -0.1) is 0 Å². The van der Waals surface area contributed by atoms with Crippen LogP contribution in [0.1, 0.15) is 59.8 Å². The smallest absolute Gasteiger partial charge is 0.410 e. The fourth-order valence-electron chi connectivity index (χ4n) is 3.67. The van der Waals surface area contributed by atoms with Gasteiger partial charge in [-0.3, -0.25) is 4.79 Å². The van der Waals surface area contributed by atoms with Crippen molar-refractivity contribution in [2.75, 3.05) is 19.0 Å². The summed E-state index contributed by atoms with van der Waals surface area (Å²) in [6, 6.07) is 9.53. The van der Waals surface area contributed by atoms with Crippen LogP contribution in [0.5, 0.6) is 0 Å². The zero-order chi connectivity index (χ0) is 25.2. The van der Waals surface area contributed by atoms with Gasteiger partial charge in [0.15, 0.2) is 0 Å². The van der Waals surface area contributed by atoms with E-state index in [0.29, 0.717) is 11.7 Å². The maximum Gasteiger partial charge on any atom is 0.410 e. The van der Waals surface area contributed by atoms with Gasteiger partial charge in [0, 0.05) is 27.2 Å². The summed E-state index contributed by atoms with van der Waals surface area (Å²) < 4.78 is 5.59. The summed E-state index contributed by atoms with van der Waals surface area (Å²) in [5.74, 6) is 1.58. The largest absolute Gasteiger partial charge is 0.444 e. The van der Waals surface area contributed by atoms with Crippen molar-refractivity contribution in [1.29, 1.82) is 0 Å². The van der Waals surface area contributed by atoms with Gasteiger partial charge < -0.3 is 19.5 Å². The third-order valence-electron chi connectivity index (χ3n) is 5.56. The van der Waals surface area contributed by atoms with Crippen molar-refractivity contribution in [3.8, 4) is 11.1 Å². The quantitative estimate of drug-likeness (QED) is 0.514. The number of pyridine rings is 1. The normalized spacial score (nSPS) is 12.6. The highest BCUT2D eigenvalue weighted by Gasteiger charge is 2.29. The molecular weight excluding hydrogens is 430 g/mol. The summed E-state index contributed by atoms with van der Waals surface area (Å²) in [5, 5.41) is 0. The van der Waals surface area contributed by atoms with Gasteiger partial charge in [-0.2, -0.15) is 0 Å². The molecule has 2 amide bonds. The molecule has 0 saturated heterocycles. The lowest BCUT2D eigenvalue weighted by Crippen LogP contribution is -2.37. The van der Waals surface area contributed by atoms with E-state index in [9.17, 15) is 9.59 Å². The highest BCUT2D eigenvalue weighted by molar-refractivity contribution is 5.91. The number of H-pyrrole nitrogens is 1. The Balaban J connectivity index is 1.96. The van der Waals surface area contributed by atoms with Crippen LogP contribution in [0.2, 0.25) is 0 Å². The molecule has 0 aliphatic heterocycles. The molecule has 2 aromatic heterocycles. The number of ether oxygens (including phenoxy) is 1. The number of carbonyl (C=O) groups is 2. The molecule has 34 heavy (non-hydrogen) atoms. The molecule has 0 bridgehead atoms. The average molecular weight is 466 g/mol. The number of fused-ring (bicyclic) bond motifs is 1. The van der Waals surface area contributed by atoms with E-state index in [0.717, 1.165) is 34.4 Å². The first kappa shape index (κ1) is 25.2. The lowest BCUT2D eigenvalue weighted by atomic mass is 10.0. The molecule has 0 fully saturated rings. The fourth-order valence-corrected chi connectivity index (χ4v) is 3.67. The number of benzene rings is 1. The van der Waals surface area contributed by atoms with Gasteiger partial charge in [0.25, 0.3) is 0 Å². The summed E-state index contributed by atoms with van der Waals surface area (Å²) in [4.78, 5) is 40.2. The molecule has 2 heterocycles. The van der Waals surface area contributed by atoms with Gasteiger partial charge in [0.1, 0.15) is 17.2 Å². The van der Waals surface area contributed by atoms with Crippen LogP contribution in [-0.4, -0.2) is 51.5 Å². The van der Waals surface area contributed by atoms with Gasteiger partial charge in [-0.1, -0.05) is 19.9 Å². The Morgan fingerprint density at radius 2 is 1.76 bits per heavy atom. The summed E-state index contributed by atoms with van der Waals surface area (Å²) in [6.45, 7) is 11.3. The maximum atomic E-state index is 12.8. The van der Waals surface area contributed by atoms with E-state index in [1.54, 1.807) is 25.2 Å². The number of aromatic amines is 1. The van der Waals surface area contributed by atoms with Crippen molar-refractivity contribution in [2.24, 2.45) is 5.92 Å². The van der Waals surface area contributed by atoms with Crippen LogP contribution in [0.4, 0.5) is 10.6 Å². The summed E-state index contributed by atoms with van der Waals surface area (Å²) >= 11 is 0. The van der Waals surface area contributed by atoms with Crippen molar-refractivity contribution >= 4 is 28.9 Å². The number of hydrogen-bond acceptors (Lipinski definition) is 5. The topological polar surface area (TPSA) is 91.4 Å². The van der Waals surface area contributed by atoms with E-state index in [1.807, 2.05) is 51.1 Å². The number of imidazole rings is 1. The summed E-state index contributed by atoms with van der Waals surface area (Å²) in [7, 11) is 3.46. The van der Waals surface area contributed by atoms with Crippen LogP contribution in [0.15, 0.2) is 36.5 Å². The van der Waals surface area contributed by atoms with Gasteiger partial charge in [-0.25, -0.2) is 14.8 Å². The predicted octanol–water partition coefficient (Wildman–Crippen LogP) is 5.56. The van der Waals surface area contributed by atoms with Crippen LogP contribution in [0.3, 0.4) is 0 Å². The highest BCUT2D eigenvalue weighted by Crippen LogP contribution is 2.30. The molecule has 1 atom stereocenters. The lowest BCUT2D eigenvalue weighted by molar-refractivity contribution is -0.116. The first-order valence-corrected chi connectivity index (χ1v) is 11.5. The predicted molar refractivity (Wildman–Crippen MR) is 135 cm³/mol. The first-order valence-electron chi connectivity index (χ1n) is 11.5. The fraction of sp³-hybridized carbons (Fsp3) is 0.462. The average Bonchev–Trinajstić information content (AvgIpc) is 3.18. The number of carbonyl (C=O) groups excluding carboxylic acids is 2. The Hall–Kier alpha value is -3.42. The Morgan fingerprint density at radius 3 is 2.38 bits per heavy atom. The van der Waals surface area contributed by atoms with Gasteiger partial charge in [0.2, 0.25) is 5.91 Å². The molecule has 182 valence electrons. The second-order valence-corrected chi connectivity index (χ2v) is 10.1. The van der Waals surface area contributed by atoms with E-state index in [-0.39, 0.29) is 18.0 Å². The number of nitrogens with zero attached hydrogens (tertiary/aromatic N) is 4. The molecule has 0 saturated carbocycles. The minimum absolute atomic E-state index is 0.0812. The molecule has 0 spiro atoms. The van der Waals surface area contributed by atoms with Crippen LogP contribution >= 0.6 is 0 Å². The molecule has 0 aliphatic carbocycles. The zero-order valence-corrected chi connectivity index (χ0v) is 21.3. The second-order valence-electron chi connectivity index (χ2n) is 10.1. The molecule has 1 aromatic carbocycles. The third kappa shape index (κ3) is 5.92.